The van der Waals surface area contributed by atoms with Crippen LogP contribution in [0.15, 0.2) is 30.5 Å². The van der Waals surface area contributed by atoms with Gasteiger partial charge in [-0.05, 0) is 32.4 Å². The summed E-state index contributed by atoms with van der Waals surface area (Å²) in [5, 5.41) is 17.3. The van der Waals surface area contributed by atoms with Gasteiger partial charge in [-0.25, -0.2) is 8.78 Å². The predicted octanol–water partition coefficient (Wildman–Crippen LogP) is 4.16. The molecule has 4 rings (SSSR count). The number of amides is 1. The largest absolute Gasteiger partial charge is 0.388 e. The Kier molecular flexibility index (Phi) is 4.38. The number of anilines is 1. The summed E-state index contributed by atoms with van der Waals surface area (Å²) in [7, 11) is 0. The lowest BCUT2D eigenvalue weighted by Gasteiger charge is -2.43. The number of carbonyl (C=O) groups is 1. The average Bonchev–Trinajstić information content (AvgIpc) is 3.00. The fourth-order valence-corrected chi connectivity index (χ4v) is 4.16. The standard InChI is InChI=1S/C22H23F2N3O2/c1-10-9-25-19-12(10)6-5-7-13(19)16-14(23)8-15-17(18(16)24)20(26-11(2)28)21(29)22(3,4)27-15/h5-9,20-21,25,27,29H,1-4H3,(H,26,28)/t20-,21+/m1/s1. The number of para-hydroxylation sites is 1. The lowest BCUT2D eigenvalue weighted by molar-refractivity contribution is -0.121. The van der Waals surface area contributed by atoms with Crippen molar-refractivity contribution in [3.63, 3.8) is 0 Å². The van der Waals surface area contributed by atoms with Crippen molar-refractivity contribution in [2.75, 3.05) is 5.32 Å². The Morgan fingerprint density at radius 1 is 1.28 bits per heavy atom. The molecule has 0 unspecified atom stereocenters. The smallest absolute Gasteiger partial charge is 0.217 e. The summed E-state index contributed by atoms with van der Waals surface area (Å²) in [6.45, 7) is 6.63. The number of halogens is 2. The van der Waals surface area contributed by atoms with Crippen LogP contribution in [0, 0.1) is 18.6 Å². The van der Waals surface area contributed by atoms with Gasteiger partial charge in [-0.1, -0.05) is 18.2 Å². The molecule has 0 radical (unpaired) electrons. The summed E-state index contributed by atoms with van der Waals surface area (Å²) in [6, 6.07) is 5.49. The highest BCUT2D eigenvalue weighted by Gasteiger charge is 2.44. The number of hydrogen-bond acceptors (Lipinski definition) is 3. The van der Waals surface area contributed by atoms with Crippen LogP contribution in [0.4, 0.5) is 14.5 Å². The Morgan fingerprint density at radius 2 is 2.00 bits per heavy atom. The van der Waals surface area contributed by atoms with Crippen LogP contribution in [-0.2, 0) is 4.79 Å². The van der Waals surface area contributed by atoms with Gasteiger partial charge in [0.1, 0.15) is 17.7 Å². The third-order valence-electron chi connectivity index (χ3n) is 5.63. The van der Waals surface area contributed by atoms with Gasteiger partial charge in [0.15, 0.2) is 0 Å². The molecule has 4 N–H and O–H groups in total. The molecule has 29 heavy (non-hydrogen) atoms. The number of aromatic amines is 1. The van der Waals surface area contributed by atoms with Crippen molar-refractivity contribution < 1.29 is 18.7 Å². The summed E-state index contributed by atoms with van der Waals surface area (Å²) in [5.41, 5.74) is 1.15. The van der Waals surface area contributed by atoms with E-state index in [1.54, 1.807) is 32.2 Å². The predicted molar refractivity (Wildman–Crippen MR) is 109 cm³/mol. The van der Waals surface area contributed by atoms with E-state index in [2.05, 4.69) is 15.6 Å². The molecule has 0 saturated carbocycles. The zero-order valence-electron chi connectivity index (χ0n) is 16.7. The molecule has 3 aromatic rings. The molecule has 2 aromatic carbocycles. The monoisotopic (exact) mass is 399 g/mol. The average molecular weight is 399 g/mol. The van der Waals surface area contributed by atoms with Crippen molar-refractivity contribution in [1.29, 1.82) is 0 Å². The van der Waals surface area contributed by atoms with Gasteiger partial charge in [-0.3, -0.25) is 4.79 Å². The first-order valence-corrected chi connectivity index (χ1v) is 9.44. The number of nitrogens with one attached hydrogen (secondary N) is 3. The van der Waals surface area contributed by atoms with Gasteiger partial charge in [-0.15, -0.1) is 0 Å². The lowest BCUT2D eigenvalue weighted by atomic mass is 9.81. The van der Waals surface area contributed by atoms with Gasteiger partial charge in [0.05, 0.1) is 22.7 Å². The molecular weight excluding hydrogens is 376 g/mol. The molecule has 1 aliphatic rings. The highest BCUT2D eigenvalue weighted by Crippen LogP contribution is 2.44. The van der Waals surface area contributed by atoms with E-state index in [4.69, 9.17) is 0 Å². The van der Waals surface area contributed by atoms with Gasteiger partial charge < -0.3 is 20.7 Å². The Balaban J connectivity index is 2.00. The van der Waals surface area contributed by atoms with Gasteiger partial charge in [0, 0.05) is 35.3 Å². The molecule has 2 heterocycles. The maximum atomic E-state index is 15.8. The van der Waals surface area contributed by atoms with Crippen LogP contribution in [0.25, 0.3) is 22.0 Å². The Bertz CT molecular complexity index is 1140. The SMILES string of the molecule is CC(=O)N[C@@H]1c2c(cc(F)c(-c3cccc4c(C)c[nH]c34)c2F)NC(C)(C)[C@H]1O. The third-order valence-corrected chi connectivity index (χ3v) is 5.63. The molecule has 0 saturated heterocycles. The fraction of sp³-hybridized carbons (Fsp3) is 0.318. The number of benzene rings is 2. The van der Waals surface area contributed by atoms with Gasteiger partial charge >= 0.3 is 0 Å². The summed E-state index contributed by atoms with van der Waals surface area (Å²) < 4.78 is 31.0. The number of rotatable bonds is 2. The number of hydrogen-bond donors (Lipinski definition) is 4. The van der Waals surface area contributed by atoms with E-state index in [0.717, 1.165) is 10.9 Å². The molecule has 7 heteroatoms. The number of H-pyrrole nitrogens is 1. The Morgan fingerprint density at radius 3 is 2.69 bits per heavy atom. The molecule has 1 aliphatic heterocycles. The molecule has 2 atom stereocenters. The first-order chi connectivity index (χ1) is 13.6. The van der Waals surface area contributed by atoms with E-state index < -0.39 is 35.2 Å². The van der Waals surface area contributed by atoms with Crippen LogP contribution in [0.3, 0.4) is 0 Å². The summed E-state index contributed by atoms with van der Waals surface area (Å²) >= 11 is 0. The van der Waals surface area contributed by atoms with E-state index in [-0.39, 0.29) is 16.8 Å². The van der Waals surface area contributed by atoms with Crippen molar-refractivity contribution in [3.8, 4) is 11.1 Å². The normalized spacial score (nSPS) is 20.2. The molecule has 0 spiro atoms. The molecule has 152 valence electrons. The van der Waals surface area contributed by atoms with E-state index in [1.807, 2.05) is 13.0 Å². The summed E-state index contributed by atoms with van der Waals surface area (Å²) in [6.07, 6.45) is 0.672. The van der Waals surface area contributed by atoms with Crippen molar-refractivity contribution in [2.24, 2.45) is 0 Å². The molecule has 5 nitrogen and oxygen atoms in total. The van der Waals surface area contributed by atoms with Crippen LogP contribution in [0.2, 0.25) is 0 Å². The highest BCUT2D eigenvalue weighted by molar-refractivity contribution is 5.96. The van der Waals surface area contributed by atoms with Crippen LogP contribution in [-0.4, -0.2) is 27.6 Å². The number of fused-ring (bicyclic) bond motifs is 2. The second-order valence-corrected chi connectivity index (χ2v) is 8.18. The zero-order chi connectivity index (χ0) is 21.1. The van der Waals surface area contributed by atoms with Crippen molar-refractivity contribution in [3.05, 3.63) is 53.2 Å². The topological polar surface area (TPSA) is 77.2 Å². The molecule has 0 aliphatic carbocycles. The number of aliphatic hydroxyl groups is 1. The third kappa shape index (κ3) is 2.97. The van der Waals surface area contributed by atoms with E-state index in [9.17, 15) is 9.90 Å². The number of aromatic nitrogens is 1. The van der Waals surface area contributed by atoms with Crippen LogP contribution in [0.5, 0.6) is 0 Å². The number of aliphatic hydroxyl groups excluding tert-OH is 1. The van der Waals surface area contributed by atoms with E-state index >= 15 is 8.78 Å². The fourth-order valence-electron chi connectivity index (χ4n) is 4.16. The Hall–Kier alpha value is -2.93. The van der Waals surface area contributed by atoms with Gasteiger partial charge in [0.25, 0.3) is 0 Å². The number of carbonyl (C=O) groups excluding carboxylic acids is 1. The maximum absolute atomic E-state index is 15.8. The highest BCUT2D eigenvalue weighted by atomic mass is 19.1. The Labute approximate surface area is 167 Å². The minimum absolute atomic E-state index is 0.0451. The van der Waals surface area contributed by atoms with Crippen LogP contribution < -0.4 is 10.6 Å². The van der Waals surface area contributed by atoms with Crippen molar-refractivity contribution >= 4 is 22.5 Å². The lowest BCUT2D eigenvalue weighted by Crippen LogP contribution is -2.55. The van der Waals surface area contributed by atoms with E-state index in [0.29, 0.717) is 11.1 Å². The number of aryl methyl sites for hydroxylation is 1. The second kappa shape index (κ2) is 6.56. The van der Waals surface area contributed by atoms with Gasteiger partial charge in [-0.2, -0.15) is 0 Å². The second-order valence-electron chi connectivity index (χ2n) is 8.18. The minimum Gasteiger partial charge on any atom is -0.388 e. The van der Waals surface area contributed by atoms with Gasteiger partial charge in [0.2, 0.25) is 5.91 Å². The van der Waals surface area contributed by atoms with Crippen LogP contribution >= 0.6 is 0 Å². The summed E-state index contributed by atoms with van der Waals surface area (Å²) in [4.78, 5) is 14.8. The first-order valence-electron chi connectivity index (χ1n) is 9.44. The quantitative estimate of drug-likeness (QED) is 0.523. The molecule has 1 amide bonds. The molecule has 0 bridgehead atoms. The molecule has 1 aromatic heterocycles. The first kappa shape index (κ1) is 19.4. The minimum atomic E-state index is -1.12. The molecular formula is C22H23F2N3O2. The summed E-state index contributed by atoms with van der Waals surface area (Å²) in [5.74, 6) is -1.94. The van der Waals surface area contributed by atoms with Crippen molar-refractivity contribution in [1.82, 2.24) is 10.3 Å². The molecule has 0 fully saturated rings. The van der Waals surface area contributed by atoms with Crippen LogP contribution in [0.1, 0.15) is 37.9 Å². The maximum Gasteiger partial charge on any atom is 0.217 e. The van der Waals surface area contributed by atoms with E-state index in [1.165, 1.54) is 13.0 Å². The zero-order valence-corrected chi connectivity index (χ0v) is 16.7. The van der Waals surface area contributed by atoms with Crippen molar-refractivity contribution in [2.45, 2.75) is 45.4 Å².